The predicted octanol–water partition coefficient (Wildman–Crippen LogP) is 7.01. The van der Waals surface area contributed by atoms with E-state index in [-0.39, 0.29) is 29.1 Å². The molecule has 4 aliphatic rings. The lowest BCUT2D eigenvalue weighted by atomic mass is 9.43. The summed E-state index contributed by atoms with van der Waals surface area (Å²) in [5.74, 6) is 1.88. The third-order valence-corrected chi connectivity index (χ3v) is 11.8. The maximum atomic E-state index is 12.0. The molecule has 0 heterocycles. The molecule has 220 valence electrons. The quantitative estimate of drug-likeness (QED) is 0.134. The van der Waals surface area contributed by atoms with E-state index < -0.39 is 24.1 Å². The minimum absolute atomic E-state index is 0.0192. The lowest BCUT2D eigenvalue weighted by Gasteiger charge is -2.63. The van der Waals surface area contributed by atoms with Crippen LogP contribution in [0.25, 0.3) is 0 Å². The van der Waals surface area contributed by atoms with E-state index in [0.29, 0.717) is 30.6 Å². The Morgan fingerprint density at radius 2 is 1.85 bits per heavy atom. The molecule has 2 N–H and O–H groups in total. The summed E-state index contributed by atoms with van der Waals surface area (Å²) < 4.78 is 4.73. The molecule has 3 saturated carbocycles. The topological polar surface area (TPSA) is 83.8 Å². The summed E-state index contributed by atoms with van der Waals surface area (Å²) in [6.45, 7) is 15.4. The van der Waals surface area contributed by atoms with Crippen LogP contribution in [-0.4, -0.2) is 34.4 Å². The standard InChI is InChI=1S/C34H54O5/c1-7-30(37)39-31(38)13-9-12-23-28(35)17-19-34(6)27-16-18-33(5)25(22(4)11-8-10-21(2)3)14-15-26(33)24(27)20-29(36)32(23)34/h7,15,21-25,27-29,32,35-36H,1,8-14,16-20H2,2-6H3. The van der Waals surface area contributed by atoms with Gasteiger partial charge in [0.25, 0.3) is 0 Å². The van der Waals surface area contributed by atoms with Crippen molar-refractivity contribution in [3.8, 4) is 0 Å². The van der Waals surface area contributed by atoms with Crippen LogP contribution in [0, 0.1) is 52.3 Å². The molecule has 0 amide bonds. The van der Waals surface area contributed by atoms with Crippen LogP contribution in [0.3, 0.4) is 0 Å². The summed E-state index contributed by atoms with van der Waals surface area (Å²) in [6.07, 6.45) is 14.0. The molecule has 5 heteroatoms. The van der Waals surface area contributed by atoms with Crippen molar-refractivity contribution >= 4 is 11.9 Å². The van der Waals surface area contributed by atoms with Gasteiger partial charge in [-0.1, -0.05) is 72.1 Å². The number of fused-ring (bicyclic) bond motifs is 5. The number of carbonyl (C=O) groups excluding carboxylic acids is 2. The third kappa shape index (κ3) is 5.96. The Bertz CT molecular complexity index is 938. The summed E-state index contributed by atoms with van der Waals surface area (Å²) in [4.78, 5) is 23.4. The zero-order valence-electron chi connectivity index (χ0n) is 25.2. The van der Waals surface area contributed by atoms with Gasteiger partial charge in [-0.2, -0.15) is 0 Å². The van der Waals surface area contributed by atoms with Crippen LogP contribution in [0.1, 0.15) is 112 Å². The zero-order chi connectivity index (χ0) is 28.5. The van der Waals surface area contributed by atoms with Gasteiger partial charge < -0.3 is 14.9 Å². The molecule has 0 saturated heterocycles. The Kier molecular flexibility index (Phi) is 9.53. The molecule has 39 heavy (non-hydrogen) atoms. The lowest BCUT2D eigenvalue weighted by molar-refractivity contribution is -0.172. The van der Waals surface area contributed by atoms with E-state index in [0.717, 1.165) is 37.2 Å². The van der Waals surface area contributed by atoms with Crippen LogP contribution < -0.4 is 0 Å². The van der Waals surface area contributed by atoms with Gasteiger partial charge in [0.15, 0.2) is 0 Å². The van der Waals surface area contributed by atoms with Crippen LogP contribution in [0.2, 0.25) is 0 Å². The van der Waals surface area contributed by atoms with E-state index in [1.165, 1.54) is 38.5 Å². The Labute approximate surface area is 236 Å². The van der Waals surface area contributed by atoms with Crippen LogP contribution in [0.4, 0.5) is 0 Å². The molecule has 0 aromatic rings. The maximum Gasteiger partial charge on any atom is 0.337 e. The number of allylic oxidation sites excluding steroid dienone is 2. The third-order valence-electron chi connectivity index (χ3n) is 11.8. The van der Waals surface area contributed by atoms with Crippen molar-refractivity contribution < 1.29 is 24.5 Å². The van der Waals surface area contributed by atoms with Gasteiger partial charge in [-0.15, -0.1) is 0 Å². The summed E-state index contributed by atoms with van der Waals surface area (Å²) in [6, 6.07) is 0. The number of rotatable bonds is 10. The van der Waals surface area contributed by atoms with Crippen molar-refractivity contribution in [2.45, 2.75) is 124 Å². The van der Waals surface area contributed by atoms with Crippen molar-refractivity contribution in [2.24, 2.45) is 52.3 Å². The molecule has 0 aromatic carbocycles. The van der Waals surface area contributed by atoms with E-state index in [1.54, 1.807) is 5.57 Å². The van der Waals surface area contributed by atoms with Gasteiger partial charge in [0.1, 0.15) is 0 Å². The first-order valence-corrected chi connectivity index (χ1v) is 15.9. The molecule has 0 spiro atoms. The Morgan fingerprint density at radius 1 is 1.10 bits per heavy atom. The highest BCUT2D eigenvalue weighted by molar-refractivity contribution is 5.91. The number of carbonyl (C=O) groups is 2. The van der Waals surface area contributed by atoms with Crippen LogP contribution in [0.15, 0.2) is 24.3 Å². The first-order chi connectivity index (χ1) is 18.4. The SMILES string of the molecule is C=CC(=O)OC(=O)CCCC1C(O)CCC2(C)C3CCC4(C)C(=CCC4C(C)CCCC(C)C)C3CC(O)C12. The summed E-state index contributed by atoms with van der Waals surface area (Å²) in [5, 5.41) is 22.8. The van der Waals surface area contributed by atoms with Crippen molar-refractivity contribution in [1.82, 2.24) is 0 Å². The number of aliphatic hydroxyl groups is 2. The first-order valence-electron chi connectivity index (χ1n) is 15.9. The minimum Gasteiger partial charge on any atom is -0.393 e. The number of ether oxygens (including phenoxy) is 1. The lowest BCUT2D eigenvalue weighted by Crippen LogP contribution is -2.60. The molecular weight excluding hydrogens is 488 g/mol. The monoisotopic (exact) mass is 542 g/mol. The second kappa shape index (κ2) is 12.2. The fourth-order valence-electron chi connectivity index (χ4n) is 9.92. The summed E-state index contributed by atoms with van der Waals surface area (Å²) >= 11 is 0. The van der Waals surface area contributed by atoms with Crippen LogP contribution in [0.5, 0.6) is 0 Å². The van der Waals surface area contributed by atoms with E-state index in [1.807, 2.05) is 0 Å². The fraction of sp³-hybridized carbons (Fsp3) is 0.824. The molecule has 10 unspecified atom stereocenters. The van der Waals surface area contributed by atoms with E-state index in [4.69, 9.17) is 4.74 Å². The Hall–Kier alpha value is -1.46. The van der Waals surface area contributed by atoms with E-state index in [2.05, 4.69) is 47.3 Å². The average Bonchev–Trinajstić information content (AvgIpc) is 3.23. The van der Waals surface area contributed by atoms with Gasteiger partial charge in [-0.3, -0.25) is 4.79 Å². The summed E-state index contributed by atoms with van der Waals surface area (Å²) in [7, 11) is 0. The van der Waals surface area contributed by atoms with Gasteiger partial charge in [-0.25, -0.2) is 4.79 Å². The smallest absolute Gasteiger partial charge is 0.337 e. The van der Waals surface area contributed by atoms with Crippen molar-refractivity contribution in [1.29, 1.82) is 0 Å². The van der Waals surface area contributed by atoms with Gasteiger partial charge in [0.2, 0.25) is 0 Å². The molecule has 4 aliphatic carbocycles. The summed E-state index contributed by atoms with van der Waals surface area (Å²) in [5.41, 5.74) is 1.86. The molecule has 0 bridgehead atoms. The minimum atomic E-state index is -0.725. The highest BCUT2D eigenvalue weighted by Gasteiger charge is 2.62. The number of hydrogen-bond acceptors (Lipinski definition) is 5. The largest absolute Gasteiger partial charge is 0.393 e. The van der Waals surface area contributed by atoms with E-state index >= 15 is 0 Å². The molecule has 4 rings (SSSR count). The second-order valence-electron chi connectivity index (χ2n) is 14.5. The highest BCUT2D eigenvalue weighted by Crippen LogP contribution is 2.67. The molecule has 10 atom stereocenters. The van der Waals surface area contributed by atoms with Gasteiger partial charge in [0.05, 0.1) is 12.2 Å². The molecule has 3 fully saturated rings. The first kappa shape index (κ1) is 30.5. The zero-order valence-corrected chi connectivity index (χ0v) is 25.2. The number of esters is 2. The number of aliphatic hydroxyl groups excluding tert-OH is 2. The molecule has 0 radical (unpaired) electrons. The Morgan fingerprint density at radius 3 is 2.54 bits per heavy atom. The molecule has 5 nitrogen and oxygen atoms in total. The van der Waals surface area contributed by atoms with Crippen LogP contribution in [-0.2, 0) is 14.3 Å². The fourth-order valence-corrected chi connectivity index (χ4v) is 9.92. The highest BCUT2D eigenvalue weighted by atomic mass is 16.6. The van der Waals surface area contributed by atoms with Crippen molar-refractivity contribution in [2.75, 3.05) is 0 Å². The number of hydrogen-bond donors (Lipinski definition) is 2. The molecule has 0 aliphatic heterocycles. The molecular formula is C34H54O5. The maximum absolute atomic E-state index is 12.0. The van der Waals surface area contributed by atoms with E-state index in [9.17, 15) is 19.8 Å². The Balaban J connectivity index is 1.45. The second-order valence-corrected chi connectivity index (χ2v) is 14.5. The predicted molar refractivity (Wildman–Crippen MR) is 154 cm³/mol. The van der Waals surface area contributed by atoms with Crippen LogP contribution >= 0.6 is 0 Å². The molecule has 0 aromatic heterocycles. The van der Waals surface area contributed by atoms with Gasteiger partial charge >= 0.3 is 11.9 Å². The van der Waals surface area contributed by atoms with Crippen molar-refractivity contribution in [3.63, 3.8) is 0 Å². The van der Waals surface area contributed by atoms with Gasteiger partial charge in [-0.05, 0) is 104 Å². The average molecular weight is 543 g/mol. The van der Waals surface area contributed by atoms with Crippen molar-refractivity contribution in [3.05, 3.63) is 24.3 Å². The normalized spacial score (nSPS) is 40.2. The van der Waals surface area contributed by atoms with Gasteiger partial charge in [0, 0.05) is 12.5 Å².